The molecule has 1 aliphatic rings. The third-order valence-electron chi connectivity index (χ3n) is 4.56. The maximum Gasteiger partial charge on any atom is 0.372 e. The lowest BCUT2D eigenvalue weighted by Crippen LogP contribution is -2.17. The van der Waals surface area contributed by atoms with Gasteiger partial charge in [-0.2, -0.15) is 0 Å². The maximum atomic E-state index is 12.0. The van der Waals surface area contributed by atoms with Crippen LogP contribution in [0.1, 0.15) is 52.2 Å². The van der Waals surface area contributed by atoms with Crippen LogP contribution in [0.4, 0.5) is 0 Å². The fourth-order valence-corrected chi connectivity index (χ4v) is 3.32. The molecule has 122 valence electrons. The van der Waals surface area contributed by atoms with Crippen LogP contribution in [0, 0.1) is 0 Å². The summed E-state index contributed by atoms with van der Waals surface area (Å²) in [5, 5.41) is 8.58. The summed E-state index contributed by atoms with van der Waals surface area (Å²) in [5.41, 5.74) is 4.23. The molecule has 0 saturated carbocycles. The zero-order valence-electron chi connectivity index (χ0n) is 13.2. The zero-order valence-corrected chi connectivity index (χ0v) is 13.2. The lowest BCUT2D eigenvalue weighted by atomic mass is 9.79. The molecular weight excluding hydrogens is 304 g/mol. The molecule has 0 radical (unpaired) electrons. The van der Waals surface area contributed by atoms with E-state index in [1.165, 1.54) is 11.1 Å². The summed E-state index contributed by atoms with van der Waals surface area (Å²) in [4.78, 5) is 33.7. The first-order chi connectivity index (χ1) is 11.6. The van der Waals surface area contributed by atoms with Gasteiger partial charge >= 0.3 is 5.97 Å². The van der Waals surface area contributed by atoms with Gasteiger partial charge in [0.25, 0.3) is 0 Å². The predicted octanol–water partition coefficient (Wildman–Crippen LogP) is 3.38. The number of aryl methyl sites for hydroxylation is 1. The molecule has 0 aliphatic heterocycles. The van der Waals surface area contributed by atoms with Gasteiger partial charge in [0.15, 0.2) is 5.78 Å². The monoisotopic (exact) mass is 322 g/mol. The van der Waals surface area contributed by atoms with Crippen LogP contribution in [0.2, 0.25) is 0 Å². The van der Waals surface area contributed by atoms with Gasteiger partial charge in [-0.3, -0.25) is 9.59 Å². The van der Waals surface area contributed by atoms with Gasteiger partial charge < -0.3 is 5.11 Å². The molecule has 0 aromatic heterocycles. The molecule has 4 nitrogen and oxygen atoms in total. The smallest absolute Gasteiger partial charge is 0.372 e. The Hall–Kier alpha value is -2.75. The minimum atomic E-state index is -1.57. The fourth-order valence-electron chi connectivity index (χ4n) is 3.32. The second-order valence-corrected chi connectivity index (χ2v) is 6.09. The highest BCUT2D eigenvalue weighted by molar-refractivity contribution is 6.37. The second kappa shape index (κ2) is 6.79. The van der Waals surface area contributed by atoms with E-state index in [0.29, 0.717) is 11.5 Å². The number of hydrogen-bond donors (Lipinski definition) is 1. The Bertz CT molecular complexity index is 790. The highest BCUT2D eigenvalue weighted by Crippen LogP contribution is 2.36. The first-order valence-corrected chi connectivity index (χ1v) is 8.03. The summed E-state index contributed by atoms with van der Waals surface area (Å²) in [6, 6.07) is 15.6. The van der Waals surface area contributed by atoms with E-state index in [1.807, 2.05) is 18.2 Å². The molecule has 1 N–H and O–H groups in total. The standard InChI is InChI=1S/C20H18O4/c21-18(12-19(22)20(23)24)15-10-8-14(9-11-15)17-7-3-5-13-4-1-2-6-16(13)17/h1-2,4,6,8-11,17H,3,5,7,12H2,(H,23,24). The number of carboxylic acids is 1. The fraction of sp³-hybridized carbons (Fsp3) is 0.250. The Kier molecular flexibility index (Phi) is 4.56. The molecule has 0 bridgehead atoms. The summed E-state index contributed by atoms with van der Waals surface area (Å²) in [6.07, 6.45) is 2.71. The van der Waals surface area contributed by atoms with Crippen molar-refractivity contribution in [3.8, 4) is 0 Å². The molecule has 0 heterocycles. The van der Waals surface area contributed by atoms with Gasteiger partial charge in [0.2, 0.25) is 5.78 Å². The molecule has 24 heavy (non-hydrogen) atoms. The van der Waals surface area contributed by atoms with Crippen molar-refractivity contribution in [1.82, 2.24) is 0 Å². The third-order valence-corrected chi connectivity index (χ3v) is 4.56. The number of fused-ring (bicyclic) bond motifs is 1. The highest BCUT2D eigenvalue weighted by atomic mass is 16.4. The van der Waals surface area contributed by atoms with Gasteiger partial charge in [0.05, 0.1) is 6.42 Å². The van der Waals surface area contributed by atoms with E-state index >= 15 is 0 Å². The lowest BCUT2D eigenvalue weighted by Gasteiger charge is -2.26. The van der Waals surface area contributed by atoms with Crippen molar-refractivity contribution in [1.29, 1.82) is 0 Å². The normalized spacial score (nSPS) is 16.2. The van der Waals surface area contributed by atoms with Gasteiger partial charge in [-0.05, 0) is 36.0 Å². The van der Waals surface area contributed by atoms with E-state index < -0.39 is 24.0 Å². The summed E-state index contributed by atoms with van der Waals surface area (Å²) in [7, 11) is 0. The minimum absolute atomic E-state index is 0.319. The van der Waals surface area contributed by atoms with E-state index in [1.54, 1.807) is 12.1 Å². The van der Waals surface area contributed by atoms with Gasteiger partial charge in [-0.1, -0.05) is 48.5 Å². The summed E-state index contributed by atoms with van der Waals surface area (Å²) < 4.78 is 0. The topological polar surface area (TPSA) is 71.4 Å². The molecule has 0 fully saturated rings. The van der Waals surface area contributed by atoms with Crippen LogP contribution in [0.3, 0.4) is 0 Å². The number of rotatable bonds is 5. The highest BCUT2D eigenvalue weighted by Gasteiger charge is 2.22. The molecule has 0 spiro atoms. The quantitative estimate of drug-likeness (QED) is 0.520. The van der Waals surface area contributed by atoms with Crippen LogP contribution in [0.15, 0.2) is 48.5 Å². The van der Waals surface area contributed by atoms with Crippen molar-refractivity contribution in [3.05, 3.63) is 70.8 Å². The molecule has 1 atom stereocenters. The molecule has 0 saturated heterocycles. The van der Waals surface area contributed by atoms with Crippen molar-refractivity contribution in [3.63, 3.8) is 0 Å². The van der Waals surface area contributed by atoms with E-state index in [9.17, 15) is 14.4 Å². The Labute approximate surface area is 140 Å². The minimum Gasteiger partial charge on any atom is -0.475 e. The number of Topliss-reactive ketones (excluding diaryl/α,β-unsaturated/α-hetero) is 2. The lowest BCUT2D eigenvalue weighted by molar-refractivity contribution is -0.148. The van der Waals surface area contributed by atoms with E-state index in [0.717, 1.165) is 24.8 Å². The number of carboxylic acid groups (broad SMARTS) is 1. The Morgan fingerprint density at radius 3 is 2.42 bits per heavy atom. The Morgan fingerprint density at radius 1 is 1.00 bits per heavy atom. The van der Waals surface area contributed by atoms with Crippen molar-refractivity contribution in [2.45, 2.75) is 31.6 Å². The van der Waals surface area contributed by atoms with Crippen LogP contribution >= 0.6 is 0 Å². The average Bonchev–Trinajstić information content (AvgIpc) is 2.61. The van der Waals surface area contributed by atoms with Gasteiger partial charge in [-0.15, -0.1) is 0 Å². The molecule has 1 aliphatic carbocycles. The maximum absolute atomic E-state index is 12.0. The first-order valence-electron chi connectivity index (χ1n) is 8.03. The molecule has 3 rings (SSSR count). The predicted molar refractivity (Wildman–Crippen MR) is 89.3 cm³/mol. The molecule has 2 aromatic rings. The molecule has 2 aromatic carbocycles. The first kappa shape index (κ1) is 16.1. The SMILES string of the molecule is O=C(O)C(=O)CC(=O)c1ccc(C2CCCc3ccccc32)cc1. The van der Waals surface area contributed by atoms with Gasteiger partial charge in [-0.25, -0.2) is 4.79 Å². The van der Waals surface area contributed by atoms with Crippen molar-refractivity contribution >= 4 is 17.5 Å². The molecule has 4 heteroatoms. The van der Waals surface area contributed by atoms with Crippen LogP contribution in [0.5, 0.6) is 0 Å². The molecular formula is C20H18O4. The van der Waals surface area contributed by atoms with Crippen LogP contribution in [-0.2, 0) is 16.0 Å². The van der Waals surface area contributed by atoms with Crippen LogP contribution in [-0.4, -0.2) is 22.6 Å². The average molecular weight is 322 g/mol. The van der Waals surface area contributed by atoms with Crippen molar-refractivity contribution in [2.24, 2.45) is 0 Å². The zero-order chi connectivity index (χ0) is 17.1. The summed E-state index contributed by atoms with van der Waals surface area (Å²) >= 11 is 0. The summed E-state index contributed by atoms with van der Waals surface area (Å²) in [5.74, 6) is -2.79. The Balaban J connectivity index is 1.80. The third kappa shape index (κ3) is 3.27. The number of ketones is 2. The number of hydrogen-bond acceptors (Lipinski definition) is 3. The number of benzene rings is 2. The van der Waals surface area contributed by atoms with E-state index in [4.69, 9.17) is 5.11 Å². The van der Waals surface area contributed by atoms with Crippen molar-refractivity contribution in [2.75, 3.05) is 0 Å². The summed E-state index contributed by atoms with van der Waals surface area (Å²) in [6.45, 7) is 0. The Morgan fingerprint density at radius 2 is 1.71 bits per heavy atom. The van der Waals surface area contributed by atoms with Crippen LogP contribution < -0.4 is 0 Å². The second-order valence-electron chi connectivity index (χ2n) is 6.09. The number of carbonyl (C=O) groups is 3. The van der Waals surface area contributed by atoms with Gasteiger partial charge in [0, 0.05) is 11.5 Å². The van der Waals surface area contributed by atoms with Gasteiger partial charge in [0.1, 0.15) is 0 Å². The van der Waals surface area contributed by atoms with E-state index in [2.05, 4.69) is 18.2 Å². The number of carbonyl (C=O) groups excluding carboxylic acids is 2. The molecule has 1 unspecified atom stereocenters. The molecule has 0 amide bonds. The number of aliphatic carboxylic acids is 1. The van der Waals surface area contributed by atoms with E-state index in [-0.39, 0.29) is 0 Å². The van der Waals surface area contributed by atoms with Crippen LogP contribution in [0.25, 0.3) is 0 Å². The van der Waals surface area contributed by atoms with Crippen molar-refractivity contribution < 1.29 is 19.5 Å². The largest absolute Gasteiger partial charge is 0.475 e.